The zero-order valence-corrected chi connectivity index (χ0v) is 18.8. The van der Waals surface area contributed by atoms with E-state index in [0.717, 1.165) is 12.7 Å². The molecule has 4 N–H and O–H groups in total. The van der Waals surface area contributed by atoms with Crippen LogP contribution in [0.4, 0.5) is 0 Å². The van der Waals surface area contributed by atoms with Gasteiger partial charge >= 0.3 is 0 Å². The molecule has 5 unspecified atom stereocenters. The van der Waals surface area contributed by atoms with Crippen LogP contribution in [0, 0.1) is 11.8 Å². The van der Waals surface area contributed by atoms with Gasteiger partial charge in [0.05, 0.1) is 20.3 Å². The van der Waals surface area contributed by atoms with Crippen LogP contribution < -0.4 is 10.1 Å². The predicted molar refractivity (Wildman–Crippen MR) is 116 cm³/mol. The predicted octanol–water partition coefficient (Wildman–Crippen LogP) is 0.891. The number of nitrogens with one attached hydrogen (secondary N) is 1. The van der Waals surface area contributed by atoms with E-state index >= 15 is 0 Å². The molecule has 1 amide bonds. The average Bonchev–Trinajstić information content (AvgIpc) is 2.78. The molecule has 0 spiro atoms. The number of aldehydes is 1. The van der Waals surface area contributed by atoms with E-state index in [4.69, 9.17) is 14.2 Å². The molecular weight excluding hydrogens is 418 g/mol. The van der Waals surface area contributed by atoms with Crippen LogP contribution in [0.3, 0.4) is 0 Å². The van der Waals surface area contributed by atoms with Gasteiger partial charge in [0.1, 0.15) is 36.4 Å². The largest absolute Gasteiger partial charge is 0.497 e. The summed E-state index contributed by atoms with van der Waals surface area (Å²) in [5.74, 6) is 0.701. The van der Waals surface area contributed by atoms with Crippen molar-refractivity contribution in [1.82, 2.24) is 5.32 Å². The van der Waals surface area contributed by atoms with E-state index in [0.29, 0.717) is 30.1 Å². The number of ether oxygens (including phenoxy) is 3. The fraction of sp³-hybridized carbons (Fsp3) is 0.652. The van der Waals surface area contributed by atoms with E-state index in [9.17, 15) is 24.9 Å². The molecular formula is C23H35NO8. The molecule has 180 valence electrons. The maximum Gasteiger partial charge on any atom is 0.251 e. The van der Waals surface area contributed by atoms with E-state index in [1.807, 2.05) is 6.92 Å². The Morgan fingerprint density at radius 3 is 2.47 bits per heavy atom. The summed E-state index contributed by atoms with van der Waals surface area (Å²) in [5, 5.41) is 33.0. The van der Waals surface area contributed by atoms with Crippen LogP contribution in [0.15, 0.2) is 24.3 Å². The first-order valence-corrected chi connectivity index (χ1v) is 10.9. The molecule has 1 fully saturated rings. The van der Waals surface area contributed by atoms with Crippen LogP contribution >= 0.6 is 0 Å². The molecule has 7 atom stereocenters. The van der Waals surface area contributed by atoms with Crippen LogP contribution in [0.5, 0.6) is 5.75 Å². The molecule has 2 rings (SSSR count). The number of rotatable bonds is 12. The number of hydrogen-bond donors (Lipinski definition) is 4. The lowest BCUT2D eigenvalue weighted by atomic mass is 9.93. The van der Waals surface area contributed by atoms with Gasteiger partial charge in [-0.25, -0.2) is 0 Å². The van der Waals surface area contributed by atoms with Crippen molar-refractivity contribution in [3.63, 3.8) is 0 Å². The van der Waals surface area contributed by atoms with E-state index < -0.39 is 43.2 Å². The molecule has 1 aliphatic heterocycles. The number of carbonyl (C=O) groups is 2. The van der Waals surface area contributed by atoms with Gasteiger partial charge in [-0.15, -0.1) is 0 Å². The summed E-state index contributed by atoms with van der Waals surface area (Å²) in [7, 11) is 1.52. The number of amides is 1. The highest BCUT2D eigenvalue weighted by atomic mass is 16.7. The van der Waals surface area contributed by atoms with Crippen molar-refractivity contribution in [3.8, 4) is 5.75 Å². The van der Waals surface area contributed by atoms with Gasteiger partial charge in [-0.2, -0.15) is 0 Å². The van der Waals surface area contributed by atoms with Crippen LogP contribution in [0.1, 0.15) is 43.5 Å². The van der Waals surface area contributed by atoms with Crippen molar-refractivity contribution in [2.75, 3.05) is 20.3 Å². The van der Waals surface area contributed by atoms with E-state index in [1.165, 1.54) is 7.11 Å². The second kappa shape index (κ2) is 12.9. The lowest BCUT2D eigenvalue weighted by molar-refractivity contribution is -0.269. The first kappa shape index (κ1) is 26.2. The minimum absolute atomic E-state index is 0.278. The molecule has 0 saturated carbocycles. The number of carbonyl (C=O) groups excluding carboxylic acids is 2. The molecule has 1 heterocycles. The second-order valence-electron chi connectivity index (χ2n) is 8.44. The molecule has 0 bridgehead atoms. The number of aliphatic hydroxyl groups is 3. The summed E-state index contributed by atoms with van der Waals surface area (Å²) in [6.07, 6.45) is -1.87. The topological polar surface area (TPSA) is 135 Å². The summed E-state index contributed by atoms with van der Waals surface area (Å²) in [6.45, 7) is 3.86. The van der Waals surface area contributed by atoms with Crippen molar-refractivity contribution >= 4 is 12.2 Å². The van der Waals surface area contributed by atoms with Gasteiger partial charge in [0.25, 0.3) is 5.91 Å². The van der Waals surface area contributed by atoms with Crippen LogP contribution in [-0.2, 0) is 14.3 Å². The number of benzene rings is 1. The van der Waals surface area contributed by atoms with E-state index in [-0.39, 0.29) is 12.5 Å². The highest BCUT2D eigenvalue weighted by Crippen LogP contribution is 2.24. The fourth-order valence-corrected chi connectivity index (χ4v) is 3.81. The van der Waals surface area contributed by atoms with Gasteiger partial charge in [-0.05, 0) is 48.9 Å². The minimum Gasteiger partial charge on any atom is -0.497 e. The zero-order valence-electron chi connectivity index (χ0n) is 18.8. The summed E-state index contributed by atoms with van der Waals surface area (Å²) >= 11 is 0. The molecule has 1 aliphatic rings. The SMILES string of the molecule is COc1ccc(C(=O)NC2C(O)[C@H](O)C(CO)O[C@H]2OCCC(C)CC(C)CC=O)cc1. The highest BCUT2D eigenvalue weighted by molar-refractivity contribution is 5.94. The summed E-state index contributed by atoms with van der Waals surface area (Å²) < 4.78 is 16.6. The van der Waals surface area contributed by atoms with Crippen molar-refractivity contribution in [2.45, 2.75) is 63.8 Å². The van der Waals surface area contributed by atoms with Gasteiger partial charge in [0, 0.05) is 12.0 Å². The number of hydrogen-bond acceptors (Lipinski definition) is 8. The van der Waals surface area contributed by atoms with Crippen molar-refractivity contribution in [3.05, 3.63) is 29.8 Å². The average molecular weight is 454 g/mol. The van der Waals surface area contributed by atoms with Gasteiger partial charge in [0.15, 0.2) is 6.29 Å². The van der Waals surface area contributed by atoms with Crippen molar-refractivity contribution < 1.29 is 39.1 Å². The fourth-order valence-electron chi connectivity index (χ4n) is 3.81. The lowest BCUT2D eigenvalue weighted by Crippen LogP contribution is -2.64. The molecule has 1 aromatic rings. The number of methoxy groups -OCH3 is 1. The summed E-state index contributed by atoms with van der Waals surface area (Å²) in [6, 6.07) is 5.40. The first-order chi connectivity index (χ1) is 15.3. The van der Waals surface area contributed by atoms with Gasteiger partial charge < -0.3 is 39.6 Å². The summed E-state index contributed by atoms with van der Waals surface area (Å²) in [5.41, 5.74) is 0.341. The highest BCUT2D eigenvalue weighted by Gasteiger charge is 2.45. The third kappa shape index (κ3) is 7.25. The van der Waals surface area contributed by atoms with Gasteiger partial charge in [0.2, 0.25) is 0 Å². The summed E-state index contributed by atoms with van der Waals surface area (Å²) in [4.78, 5) is 23.3. The Morgan fingerprint density at radius 1 is 1.19 bits per heavy atom. The van der Waals surface area contributed by atoms with Crippen molar-refractivity contribution in [1.29, 1.82) is 0 Å². The molecule has 9 heteroatoms. The Kier molecular flexibility index (Phi) is 10.5. The zero-order chi connectivity index (χ0) is 23.7. The van der Waals surface area contributed by atoms with Crippen LogP contribution in [0.2, 0.25) is 0 Å². The van der Waals surface area contributed by atoms with E-state index in [2.05, 4.69) is 12.2 Å². The van der Waals surface area contributed by atoms with Gasteiger partial charge in [-0.1, -0.05) is 13.8 Å². The molecule has 9 nitrogen and oxygen atoms in total. The first-order valence-electron chi connectivity index (χ1n) is 10.9. The quantitative estimate of drug-likeness (QED) is 0.343. The molecule has 0 aromatic heterocycles. The van der Waals surface area contributed by atoms with Crippen LogP contribution in [-0.4, -0.2) is 78.5 Å². The molecule has 0 aliphatic carbocycles. The molecule has 32 heavy (non-hydrogen) atoms. The van der Waals surface area contributed by atoms with E-state index in [1.54, 1.807) is 24.3 Å². The maximum atomic E-state index is 12.7. The molecule has 1 aromatic carbocycles. The Labute approximate surface area is 188 Å². The second-order valence-corrected chi connectivity index (χ2v) is 8.44. The monoisotopic (exact) mass is 453 g/mol. The lowest BCUT2D eigenvalue weighted by Gasteiger charge is -2.42. The molecule has 1 saturated heterocycles. The Balaban J connectivity index is 2.02. The normalized spacial score (nSPS) is 27.4. The van der Waals surface area contributed by atoms with Crippen molar-refractivity contribution in [2.24, 2.45) is 11.8 Å². The third-order valence-electron chi connectivity index (χ3n) is 5.73. The maximum absolute atomic E-state index is 12.7. The molecule has 0 radical (unpaired) electrons. The third-order valence-corrected chi connectivity index (χ3v) is 5.73. The minimum atomic E-state index is -1.39. The Morgan fingerprint density at radius 2 is 1.88 bits per heavy atom. The van der Waals surface area contributed by atoms with Crippen LogP contribution in [0.25, 0.3) is 0 Å². The Hall–Kier alpha value is -2.04. The standard InChI is InChI=1S/C23H35NO8/c1-14(8-10-25)12-15(2)9-11-31-23-19(21(28)20(27)18(13-26)32-23)24-22(29)16-4-6-17(30-3)7-5-16/h4-7,10,14-15,18-21,23,26-28H,8-9,11-13H2,1-3H3,(H,24,29)/t14?,15?,18?,19?,20-,21?,23-/m1/s1. The Bertz CT molecular complexity index is 712. The van der Waals surface area contributed by atoms with Gasteiger partial charge in [-0.3, -0.25) is 4.79 Å². The smallest absolute Gasteiger partial charge is 0.251 e. The number of aliphatic hydroxyl groups excluding tert-OH is 3.